The molecule has 0 aliphatic rings. The third-order valence-electron chi connectivity index (χ3n) is 0.472. The third kappa shape index (κ3) is 10.0. The van der Waals surface area contributed by atoms with Crippen LogP contribution in [0.5, 0.6) is 0 Å². The Hall–Kier alpha value is 2.12. The fourth-order valence-electron chi connectivity index (χ4n) is 0.281. The number of halogens is 3. The zero-order valence-electron chi connectivity index (χ0n) is 6.34. The monoisotopic (exact) mass is 360 g/mol. The Morgan fingerprint density at radius 3 is 1.82 bits per heavy atom. The summed E-state index contributed by atoms with van der Waals surface area (Å²) in [7, 11) is 15.1. The molecule has 0 bridgehead atoms. The Bertz CT molecular complexity index is 120. The van der Waals surface area contributed by atoms with Gasteiger partial charge in [-0.15, -0.1) is 0 Å². The first-order valence-corrected chi connectivity index (χ1v) is 15.9. The van der Waals surface area contributed by atoms with Gasteiger partial charge in [-0.3, -0.25) is 0 Å². The second kappa shape index (κ2) is 5.77. The van der Waals surface area contributed by atoms with E-state index in [9.17, 15) is 0 Å². The van der Waals surface area contributed by atoms with E-state index in [0.29, 0.717) is 0 Å². The van der Waals surface area contributed by atoms with Gasteiger partial charge in [0.25, 0.3) is 0 Å². The summed E-state index contributed by atoms with van der Waals surface area (Å²) < 4.78 is 10.5. The molecular weight excluding hydrogens is 352 g/mol. The molecule has 0 amide bonds. The summed E-state index contributed by atoms with van der Waals surface area (Å²) in [4.78, 5) is 0. The molecule has 0 spiro atoms. The summed E-state index contributed by atoms with van der Waals surface area (Å²) in [6, 6.07) is 0. The van der Waals surface area contributed by atoms with E-state index in [1.165, 1.54) is 0 Å². The molecule has 0 heterocycles. The van der Waals surface area contributed by atoms with Gasteiger partial charge in [-0.1, -0.05) is 0 Å². The predicted molar refractivity (Wildman–Crippen MR) is 54.6 cm³/mol. The zero-order chi connectivity index (χ0) is 9.07. The number of rotatable bonds is 4. The Balaban J connectivity index is 3.61. The van der Waals surface area contributed by atoms with E-state index in [1.54, 1.807) is 0 Å². The molecule has 8 heteroatoms. The van der Waals surface area contributed by atoms with E-state index in [4.69, 9.17) is 36.0 Å². The van der Waals surface area contributed by atoms with Gasteiger partial charge in [0, 0.05) is 0 Å². The first-order chi connectivity index (χ1) is 4.81. The second-order valence-electron chi connectivity index (χ2n) is 2.70. The first-order valence-electron chi connectivity index (χ1n) is 2.76. The van der Waals surface area contributed by atoms with Gasteiger partial charge in [0.2, 0.25) is 0 Å². The molecule has 0 aliphatic carbocycles. The van der Waals surface area contributed by atoms with Crippen LogP contribution in [0.15, 0.2) is 0 Å². The van der Waals surface area contributed by atoms with Crippen molar-refractivity contribution in [3.63, 3.8) is 0 Å². The van der Waals surface area contributed by atoms with Gasteiger partial charge in [-0.25, -0.2) is 0 Å². The van der Waals surface area contributed by atoms with Crippen molar-refractivity contribution < 1.29 is 6.13 Å². The molecular formula is C3H9As2Cl3O2Si. The Kier molecular flexibility index (Phi) is 6.88. The molecule has 0 radical (unpaired) electrons. The molecule has 1 atom stereocenters. The maximum absolute atomic E-state index is 5.76. The topological polar surface area (TPSA) is 18.5 Å². The molecule has 0 aromatic rings. The Morgan fingerprint density at radius 1 is 1.09 bits per heavy atom. The summed E-state index contributed by atoms with van der Waals surface area (Å²) in [5, 5.41) is 0. The average Bonchev–Trinajstić information content (AvgIpc) is 1.53. The van der Waals surface area contributed by atoms with Gasteiger partial charge in [0.05, 0.1) is 0 Å². The summed E-state index contributed by atoms with van der Waals surface area (Å²) in [5.41, 5.74) is 0. The Labute approximate surface area is 90.7 Å². The first kappa shape index (κ1) is 13.1. The van der Waals surface area contributed by atoms with Crippen molar-refractivity contribution in [2.45, 2.75) is 19.6 Å². The molecule has 0 N–H and O–H groups in total. The molecule has 0 aromatic heterocycles. The SMILES string of the molecule is C[Si](C)(C)O[As](Cl)O[As](Cl)Cl. The minimum absolute atomic E-state index is 1.57. The minimum atomic E-state index is -2.11. The van der Waals surface area contributed by atoms with Crippen LogP contribution >= 0.6 is 29.8 Å². The predicted octanol–water partition coefficient (Wildman–Crippen LogP) is 2.54. The van der Waals surface area contributed by atoms with Gasteiger partial charge < -0.3 is 0 Å². The molecule has 0 rings (SSSR count). The molecule has 68 valence electrons. The van der Waals surface area contributed by atoms with E-state index < -0.39 is 35.8 Å². The van der Waals surface area contributed by atoms with E-state index in [1.807, 2.05) is 19.6 Å². The molecule has 0 fully saturated rings. The van der Waals surface area contributed by atoms with Gasteiger partial charge in [-0.2, -0.15) is 0 Å². The van der Waals surface area contributed by atoms with Crippen LogP contribution in [-0.2, 0) is 6.13 Å². The number of hydrogen-bond acceptors (Lipinski definition) is 2. The van der Waals surface area contributed by atoms with E-state index >= 15 is 0 Å². The van der Waals surface area contributed by atoms with Crippen LogP contribution in [0, 0.1) is 0 Å². The van der Waals surface area contributed by atoms with Crippen molar-refractivity contribution in [1.29, 1.82) is 0 Å². The van der Waals surface area contributed by atoms with Crippen LogP contribution in [0.2, 0.25) is 19.6 Å². The molecule has 0 saturated heterocycles. The van der Waals surface area contributed by atoms with E-state index in [0.717, 1.165) is 0 Å². The van der Waals surface area contributed by atoms with Crippen molar-refractivity contribution in [3.8, 4) is 0 Å². The zero-order valence-corrected chi connectivity index (χ0v) is 13.4. The van der Waals surface area contributed by atoms with Crippen molar-refractivity contribution in [3.05, 3.63) is 0 Å². The third-order valence-corrected chi connectivity index (χ3v) is 14.9. The summed E-state index contributed by atoms with van der Waals surface area (Å²) in [6.07, 6.45) is 0. The van der Waals surface area contributed by atoms with E-state index in [2.05, 4.69) is 0 Å². The summed E-state index contributed by atoms with van der Waals surface area (Å²) in [6.45, 7) is 6.13. The normalized spacial score (nSPS) is 15.5. The standard InChI is InChI=1S/C3H9As2Cl3O2Si/c1-11(2,3)10-5(8)9-4(6)7/h1-3H3. The van der Waals surface area contributed by atoms with E-state index in [-0.39, 0.29) is 0 Å². The quantitative estimate of drug-likeness (QED) is 0.717. The van der Waals surface area contributed by atoms with Gasteiger partial charge in [0.15, 0.2) is 0 Å². The van der Waals surface area contributed by atoms with Gasteiger partial charge in [0.1, 0.15) is 0 Å². The van der Waals surface area contributed by atoms with Gasteiger partial charge >= 0.3 is 91.4 Å². The fraction of sp³-hybridized carbons (Fsp3) is 1.00. The van der Waals surface area contributed by atoms with Crippen molar-refractivity contribution in [2.24, 2.45) is 0 Å². The second-order valence-corrected chi connectivity index (χ2v) is 17.6. The molecule has 11 heavy (non-hydrogen) atoms. The summed E-state index contributed by atoms with van der Waals surface area (Å²) >= 11 is -4.22. The Morgan fingerprint density at radius 2 is 1.55 bits per heavy atom. The van der Waals surface area contributed by atoms with Crippen LogP contribution in [0.1, 0.15) is 0 Å². The summed E-state index contributed by atoms with van der Waals surface area (Å²) in [5.74, 6) is 0. The fourth-order valence-corrected chi connectivity index (χ4v) is 15.6. The van der Waals surface area contributed by atoms with Crippen LogP contribution in [0.4, 0.5) is 0 Å². The molecule has 0 aliphatic heterocycles. The van der Waals surface area contributed by atoms with Crippen molar-refractivity contribution in [2.75, 3.05) is 0 Å². The molecule has 1 unspecified atom stereocenters. The van der Waals surface area contributed by atoms with Crippen molar-refractivity contribution >= 4 is 65.7 Å². The molecule has 2 nitrogen and oxygen atoms in total. The van der Waals surface area contributed by atoms with Crippen molar-refractivity contribution in [1.82, 2.24) is 0 Å². The van der Waals surface area contributed by atoms with Crippen LogP contribution in [-0.4, -0.2) is 35.8 Å². The molecule has 0 aromatic carbocycles. The van der Waals surface area contributed by atoms with Crippen LogP contribution < -0.4 is 0 Å². The average molecular weight is 361 g/mol. The van der Waals surface area contributed by atoms with Crippen LogP contribution in [0.25, 0.3) is 0 Å². The van der Waals surface area contributed by atoms with Crippen LogP contribution in [0.3, 0.4) is 0 Å². The van der Waals surface area contributed by atoms with Gasteiger partial charge in [-0.05, 0) is 0 Å². The number of hydrogen-bond donors (Lipinski definition) is 0. The maximum atomic E-state index is 5.76. The molecule has 0 saturated carbocycles.